The van der Waals surface area contributed by atoms with Crippen LogP contribution in [0.4, 0.5) is 4.39 Å². The fourth-order valence-corrected chi connectivity index (χ4v) is 1.31. The van der Waals surface area contributed by atoms with E-state index in [0.29, 0.717) is 5.39 Å². The number of terminal acetylenes is 1. The van der Waals surface area contributed by atoms with Crippen LogP contribution in [0.5, 0.6) is 0 Å². The lowest BCUT2D eigenvalue weighted by Gasteiger charge is -2.00. The predicted molar refractivity (Wildman–Crippen MR) is 51.8 cm³/mol. The van der Waals surface area contributed by atoms with Crippen LogP contribution in [0.1, 0.15) is 6.93 Å². The van der Waals surface area contributed by atoms with Crippen molar-refractivity contribution in [3.05, 3.63) is 47.8 Å². The molecule has 2 rings (SSSR count). The van der Waals surface area contributed by atoms with Gasteiger partial charge in [0.1, 0.15) is 5.82 Å². The summed E-state index contributed by atoms with van der Waals surface area (Å²) in [6.45, 7) is 0. The van der Waals surface area contributed by atoms with Crippen LogP contribution >= 0.6 is 0 Å². The van der Waals surface area contributed by atoms with Gasteiger partial charge in [-0.15, -0.1) is 6.42 Å². The van der Waals surface area contributed by atoms with Crippen LogP contribution in [0, 0.1) is 18.2 Å². The van der Waals surface area contributed by atoms with Crippen molar-refractivity contribution in [2.45, 2.75) is 0 Å². The Labute approximate surface area is 77.4 Å². The molecule has 0 aliphatic rings. The normalized spacial score (nSPS) is 10.9. The van der Waals surface area contributed by atoms with E-state index in [4.69, 9.17) is 7.79 Å². The van der Waals surface area contributed by atoms with E-state index >= 15 is 0 Å². The average Bonchev–Trinajstić information content (AvgIpc) is 2.19. The smallest absolute Gasteiger partial charge is 0.139 e. The van der Waals surface area contributed by atoms with Gasteiger partial charge in [-0.25, -0.2) is 4.39 Å². The highest BCUT2D eigenvalue weighted by molar-refractivity contribution is 5.88. The van der Waals surface area contributed by atoms with Crippen molar-refractivity contribution in [2.75, 3.05) is 0 Å². The maximum atomic E-state index is 13.3. The Morgan fingerprint density at radius 3 is 2.92 bits per heavy atom. The molecule has 62 valence electrons. The van der Waals surface area contributed by atoms with Crippen molar-refractivity contribution in [3.63, 3.8) is 0 Å². The molecule has 1 heteroatoms. The zero-order valence-corrected chi connectivity index (χ0v) is 6.84. The quantitative estimate of drug-likeness (QED) is 0.534. The Morgan fingerprint density at radius 1 is 1.31 bits per heavy atom. The van der Waals surface area contributed by atoms with Gasteiger partial charge in [-0.2, -0.15) is 0 Å². The summed E-state index contributed by atoms with van der Waals surface area (Å²) in [5.41, 5.74) is 0.174. The van der Waals surface area contributed by atoms with Gasteiger partial charge in [0, 0.05) is 5.39 Å². The molecule has 0 atom stereocenters. The topological polar surface area (TPSA) is 0 Å². The second kappa shape index (κ2) is 2.91. The number of benzene rings is 2. The third kappa shape index (κ3) is 1.17. The van der Waals surface area contributed by atoms with Crippen molar-refractivity contribution in [1.29, 1.82) is 0 Å². The fraction of sp³-hybridized carbons (Fsp3) is 0. The molecular weight excluding hydrogens is 163 g/mol. The minimum Gasteiger partial charge on any atom is -0.206 e. The molecule has 0 N–H and O–H groups in total. The van der Waals surface area contributed by atoms with Gasteiger partial charge in [0.25, 0.3) is 0 Å². The number of hydrogen-bond donors (Lipinski definition) is 0. The predicted octanol–water partition coefficient (Wildman–Crippen LogP) is 2.96. The van der Waals surface area contributed by atoms with Crippen LogP contribution < -0.4 is 0 Å². The first kappa shape index (κ1) is 6.68. The van der Waals surface area contributed by atoms with Gasteiger partial charge in [0.15, 0.2) is 0 Å². The molecule has 13 heavy (non-hydrogen) atoms. The van der Waals surface area contributed by atoms with Crippen LogP contribution in [0.3, 0.4) is 0 Å². The van der Waals surface area contributed by atoms with E-state index < -0.39 is 5.82 Å². The lowest BCUT2D eigenvalue weighted by molar-refractivity contribution is 0.626. The molecule has 0 radical (unpaired) electrons. The first-order chi connectivity index (χ1) is 6.74. The van der Waals surface area contributed by atoms with Crippen molar-refractivity contribution in [1.82, 2.24) is 0 Å². The monoisotopic (exact) mass is 171 g/mol. The summed E-state index contributed by atoms with van der Waals surface area (Å²) in [4.78, 5) is 0. The van der Waals surface area contributed by atoms with E-state index in [1.807, 2.05) is 6.07 Å². The molecule has 0 saturated heterocycles. The SMILES string of the molecule is [2H]c1cccc2ccc(F)c(C#C)c12. The van der Waals surface area contributed by atoms with Crippen molar-refractivity contribution < 1.29 is 5.76 Å². The number of halogens is 1. The first-order valence-corrected chi connectivity index (χ1v) is 3.88. The molecule has 2 aromatic carbocycles. The third-order valence-corrected chi connectivity index (χ3v) is 1.93. The second-order valence-electron chi connectivity index (χ2n) is 2.70. The van der Waals surface area contributed by atoms with E-state index in [1.54, 1.807) is 18.2 Å². The Balaban J connectivity index is 3.01. The Morgan fingerprint density at radius 2 is 2.15 bits per heavy atom. The highest BCUT2D eigenvalue weighted by atomic mass is 19.1. The summed E-state index contributed by atoms with van der Waals surface area (Å²) < 4.78 is 20.9. The molecular formula is C12H7F. The minimum absolute atomic E-state index is 0.174. The molecule has 0 aromatic heterocycles. The Kier molecular flexibility index (Phi) is 1.50. The van der Waals surface area contributed by atoms with E-state index in [0.717, 1.165) is 5.39 Å². The number of rotatable bonds is 0. The Hall–Kier alpha value is -1.81. The third-order valence-electron chi connectivity index (χ3n) is 1.93. The highest BCUT2D eigenvalue weighted by Crippen LogP contribution is 2.20. The molecule has 0 aliphatic carbocycles. The van der Waals surface area contributed by atoms with Gasteiger partial charge < -0.3 is 0 Å². The van der Waals surface area contributed by atoms with Crippen LogP contribution in [-0.4, -0.2) is 0 Å². The van der Waals surface area contributed by atoms with Gasteiger partial charge >= 0.3 is 0 Å². The van der Waals surface area contributed by atoms with Crippen molar-refractivity contribution >= 4 is 10.8 Å². The summed E-state index contributed by atoms with van der Waals surface area (Å²) in [5, 5.41) is 1.31. The van der Waals surface area contributed by atoms with Crippen molar-refractivity contribution in [2.24, 2.45) is 0 Å². The van der Waals surface area contributed by atoms with E-state index in [1.165, 1.54) is 6.07 Å². The summed E-state index contributed by atoms with van der Waals surface area (Å²) in [6.07, 6.45) is 5.21. The zero-order valence-electron chi connectivity index (χ0n) is 7.84. The fourth-order valence-electron chi connectivity index (χ4n) is 1.31. The summed E-state index contributed by atoms with van der Waals surface area (Å²) in [7, 11) is 0. The highest BCUT2D eigenvalue weighted by Gasteiger charge is 2.03. The number of hydrogen-bond acceptors (Lipinski definition) is 0. The first-order valence-electron chi connectivity index (χ1n) is 4.38. The van der Waals surface area contributed by atoms with Gasteiger partial charge in [-0.3, -0.25) is 0 Å². The van der Waals surface area contributed by atoms with E-state index in [-0.39, 0.29) is 11.6 Å². The lowest BCUT2D eigenvalue weighted by atomic mass is 10.0. The molecule has 0 unspecified atom stereocenters. The molecule has 0 spiro atoms. The maximum Gasteiger partial charge on any atom is 0.139 e. The molecule has 0 saturated carbocycles. The summed E-state index contributed by atoms with van der Waals surface area (Å²) >= 11 is 0. The van der Waals surface area contributed by atoms with Crippen LogP contribution in [0.2, 0.25) is 0 Å². The largest absolute Gasteiger partial charge is 0.206 e. The lowest BCUT2D eigenvalue weighted by Crippen LogP contribution is -1.85. The van der Waals surface area contributed by atoms with Crippen molar-refractivity contribution in [3.8, 4) is 12.3 Å². The minimum atomic E-state index is -0.445. The van der Waals surface area contributed by atoms with E-state index in [2.05, 4.69) is 5.92 Å². The molecule has 0 amide bonds. The van der Waals surface area contributed by atoms with Crippen LogP contribution in [-0.2, 0) is 0 Å². The summed E-state index contributed by atoms with van der Waals surface area (Å²) in [5.74, 6) is 1.84. The molecule has 0 heterocycles. The molecule has 0 fully saturated rings. The van der Waals surface area contributed by atoms with Gasteiger partial charge in [-0.05, 0) is 11.5 Å². The van der Waals surface area contributed by atoms with Crippen LogP contribution in [0.15, 0.2) is 36.4 Å². The average molecular weight is 171 g/mol. The van der Waals surface area contributed by atoms with Crippen LogP contribution in [0.25, 0.3) is 10.8 Å². The second-order valence-corrected chi connectivity index (χ2v) is 2.70. The van der Waals surface area contributed by atoms with Gasteiger partial charge in [-0.1, -0.05) is 36.2 Å². The molecule has 0 bridgehead atoms. The zero-order chi connectivity index (χ0) is 10.1. The molecule has 0 aliphatic heterocycles. The maximum absolute atomic E-state index is 13.3. The van der Waals surface area contributed by atoms with Gasteiger partial charge in [0.05, 0.1) is 6.93 Å². The molecule has 2 aromatic rings. The summed E-state index contributed by atoms with van der Waals surface area (Å²) in [6, 6.07) is 8.38. The number of fused-ring (bicyclic) bond motifs is 1. The standard InChI is InChI=1S/C12H7F/c1-2-10-11-6-4-3-5-9(11)7-8-12(10)13/h1,3-8H/i6D. The van der Waals surface area contributed by atoms with Gasteiger partial charge in [0.2, 0.25) is 0 Å². The Bertz CT molecular complexity index is 538. The molecule has 0 nitrogen and oxygen atoms in total. The van der Waals surface area contributed by atoms with E-state index in [9.17, 15) is 4.39 Å².